The van der Waals surface area contributed by atoms with Gasteiger partial charge in [0.05, 0.1) is 19.3 Å². The lowest BCUT2D eigenvalue weighted by molar-refractivity contribution is 0.0659. The summed E-state index contributed by atoms with van der Waals surface area (Å²) in [5, 5.41) is 12.1. The summed E-state index contributed by atoms with van der Waals surface area (Å²) in [6.07, 6.45) is 0. The van der Waals surface area contributed by atoms with Crippen molar-refractivity contribution < 1.29 is 19.1 Å². The molecule has 0 saturated heterocycles. The van der Waals surface area contributed by atoms with Gasteiger partial charge in [0.25, 0.3) is 0 Å². The lowest BCUT2D eigenvalue weighted by Crippen LogP contribution is -2.01. The molecule has 1 aromatic carbocycles. The molecule has 2 aromatic rings. The molecular weight excluding hydrogens is 258 g/mol. The second-order valence-corrected chi connectivity index (χ2v) is 4.59. The van der Waals surface area contributed by atoms with E-state index in [1.54, 1.807) is 20.1 Å². The van der Waals surface area contributed by atoms with Gasteiger partial charge in [-0.3, -0.25) is 0 Å². The lowest BCUT2D eigenvalue weighted by atomic mass is 10.2. The Hall–Kier alpha value is -2.43. The van der Waals surface area contributed by atoms with Crippen molar-refractivity contribution >= 4 is 11.7 Å². The highest BCUT2D eigenvalue weighted by Crippen LogP contribution is 2.26. The van der Waals surface area contributed by atoms with E-state index in [0.717, 1.165) is 17.0 Å². The molecule has 0 saturated carbocycles. The Morgan fingerprint density at radius 3 is 2.70 bits per heavy atom. The topological polar surface area (TPSA) is 71.7 Å². The minimum atomic E-state index is -1.05. The van der Waals surface area contributed by atoms with Crippen LogP contribution in [0.15, 0.2) is 28.7 Å². The summed E-state index contributed by atoms with van der Waals surface area (Å²) >= 11 is 0. The maximum absolute atomic E-state index is 10.9. The molecule has 0 aliphatic heterocycles. The molecule has 0 aliphatic rings. The van der Waals surface area contributed by atoms with Crippen LogP contribution < -0.4 is 10.1 Å². The van der Waals surface area contributed by atoms with Gasteiger partial charge in [-0.05, 0) is 37.6 Å². The Morgan fingerprint density at radius 1 is 1.35 bits per heavy atom. The Bertz CT molecular complexity index is 631. The third-order valence-electron chi connectivity index (χ3n) is 2.97. The first-order valence-corrected chi connectivity index (χ1v) is 6.22. The van der Waals surface area contributed by atoms with Gasteiger partial charge in [-0.1, -0.05) is 6.07 Å². The number of hydrogen-bond acceptors (Lipinski definition) is 4. The van der Waals surface area contributed by atoms with Crippen LogP contribution in [0, 0.1) is 13.8 Å². The Balaban J connectivity index is 2.14. The molecule has 0 unspecified atom stereocenters. The summed E-state index contributed by atoms with van der Waals surface area (Å²) < 4.78 is 10.6. The zero-order valence-electron chi connectivity index (χ0n) is 11.7. The van der Waals surface area contributed by atoms with Crippen LogP contribution >= 0.6 is 0 Å². The predicted molar refractivity (Wildman–Crippen MR) is 75.5 cm³/mol. The molecule has 0 amide bonds. The standard InChI is InChI=1S/C15H17NO4/c1-9-4-5-13(19-3)12(6-9)16-8-11-7-10(2)14(20-11)15(17)18/h4-7,16H,8H2,1-3H3,(H,17,18). The molecule has 20 heavy (non-hydrogen) atoms. The molecule has 106 valence electrons. The molecular formula is C15H17NO4. The number of hydrogen-bond donors (Lipinski definition) is 2. The summed E-state index contributed by atoms with van der Waals surface area (Å²) in [6, 6.07) is 7.53. The van der Waals surface area contributed by atoms with Crippen LogP contribution in [0.1, 0.15) is 27.4 Å². The van der Waals surface area contributed by atoms with Crippen LogP contribution in [0.4, 0.5) is 5.69 Å². The van der Waals surface area contributed by atoms with Crippen molar-refractivity contribution in [3.05, 3.63) is 46.9 Å². The number of carboxylic acids is 1. The fourth-order valence-electron chi connectivity index (χ4n) is 1.99. The van der Waals surface area contributed by atoms with Crippen LogP contribution in [0.2, 0.25) is 0 Å². The van der Waals surface area contributed by atoms with Gasteiger partial charge in [0.2, 0.25) is 5.76 Å². The molecule has 0 aliphatic carbocycles. The van der Waals surface area contributed by atoms with E-state index in [4.69, 9.17) is 14.3 Å². The molecule has 0 atom stereocenters. The van der Waals surface area contributed by atoms with Crippen molar-refractivity contribution in [2.24, 2.45) is 0 Å². The number of aromatic carboxylic acids is 1. The van der Waals surface area contributed by atoms with E-state index >= 15 is 0 Å². The van der Waals surface area contributed by atoms with Crippen LogP contribution in [0.25, 0.3) is 0 Å². The number of nitrogens with one attached hydrogen (secondary N) is 1. The smallest absolute Gasteiger partial charge is 0.372 e. The maximum atomic E-state index is 10.9. The van der Waals surface area contributed by atoms with Crippen molar-refractivity contribution in [2.75, 3.05) is 12.4 Å². The van der Waals surface area contributed by atoms with E-state index in [1.807, 2.05) is 25.1 Å². The van der Waals surface area contributed by atoms with E-state index in [-0.39, 0.29) is 5.76 Å². The summed E-state index contributed by atoms with van der Waals surface area (Å²) in [5.74, 6) is 0.237. The number of carboxylic acid groups (broad SMARTS) is 1. The number of ether oxygens (including phenoxy) is 1. The van der Waals surface area contributed by atoms with Crippen LogP contribution in [-0.4, -0.2) is 18.2 Å². The van der Waals surface area contributed by atoms with Crippen molar-refractivity contribution in [3.8, 4) is 5.75 Å². The average Bonchev–Trinajstić information content (AvgIpc) is 2.78. The largest absolute Gasteiger partial charge is 0.495 e. The van der Waals surface area contributed by atoms with Crippen molar-refractivity contribution in [1.82, 2.24) is 0 Å². The summed E-state index contributed by atoms with van der Waals surface area (Å²) in [6.45, 7) is 4.10. The molecule has 0 radical (unpaired) electrons. The fourth-order valence-corrected chi connectivity index (χ4v) is 1.99. The molecule has 0 spiro atoms. The lowest BCUT2D eigenvalue weighted by Gasteiger charge is -2.10. The van der Waals surface area contributed by atoms with Crippen LogP contribution in [0.5, 0.6) is 5.75 Å². The summed E-state index contributed by atoms with van der Waals surface area (Å²) in [4.78, 5) is 10.9. The second-order valence-electron chi connectivity index (χ2n) is 4.59. The zero-order chi connectivity index (χ0) is 14.7. The SMILES string of the molecule is COc1ccc(C)cc1NCc1cc(C)c(C(=O)O)o1. The number of aryl methyl sites for hydroxylation is 2. The summed E-state index contributed by atoms with van der Waals surface area (Å²) in [7, 11) is 1.61. The number of anilines is 1. The van der Waals surface area contributed by atoms with Crippen molar-refractivity contribution in [2.45, 2.75) is 20.4 Å². The average molecular weight is 275 g/mol. The third-order valence-corrected chi connectivity index (χ3v) is 2.97. The molecule has 5 heteroatoms. The van der Waals surface area contributed by atoms with Gasteiger partial charge in [0.1, 0.15) is 11.5 Å². The molecule has 5 nitrogen and oxygen atoms in total. The number of carbonyl (C=O) groups is 1. The molecule has 1 aromatic heterocycles. The highest BCUT2D eigenvalue weighted by molar-refractivity contribution is 5.86. The zero-order valence-corrected chi connectivity index (χ0v) is 11.7. The van der Waals surface area contributed by atoms with E-state index in [0.29, 0.717) is 17.9 Å². The molecule has 2 rings (SSSR count). The summed E-state index contributed by atoms with van der Waals surface area (Å²) in [5.41, 5.74) is 2.57. The Kier molecular flexibility index (Phi) is 3.98. The quantitative estimate of drug-likeness (QED) is 0.876. The normalized spacial score (nSPS) is 10.3. The molecule has 1 heterocycles. The number of furan rings is 1. The highest BCUT2D eigenvalue weighted by Gasteiger charge is 2.14. The number of rotatable bonds is 5. The fraction of sp³-hybridized carbons (Fsp3) is 0.267. The third kappa shape index (κ3) is 2.93. The highest BCUT2D eigenvalue weighted by atomic mass is 16.5. The predicted octanol–water partition coefficient (Wildman–Crippen LogP) is 3.22. The molecule has 0 bridgehead atoms. The van der Waals surface area contributed by atoms with Gasteiger partial charge < -0.3 is 19.6 Å². The van der Waals surface area contributed by atoms with Gasteiger partial charge in [-0.15, -0.1) is 0 Å². The number of methoxy groups -OCH3 is 1. The van der Waals surface area contributed by atoms with Gasteiger partial charge >= 0.3 is 5.97 Å². The second kappa shape index (κ2) is 5.69. The van der Waals surface area contributed by atoms with Gasteiger partial charge in [0.15, 0.2) is 0 Å². The first kappa shape index (κ1) is 14.0. The van der Waals surface area contributed by atoms with Crippen LogP contribution in [0.3, 0.4) is 0 Å². The van der Waals surface area contributed by atoms with Crippen molar-refractivity contribution in [3.63, 3.8) is 0 Å². The molecule has 2 N–H and O–H groups in total. The van der Waals surface area contributed by atoms with Gasteiger partial charge in [-0.25, -0.2) is 4.79 Å². The maximum Gasteiger partial charge on any atom is 0.372 e. The minimum Gasteiger partial charge on any atom is -0.495 e. The van der Waals surface area contributed by atoms with E-state index in [1.165, 1.54) is 0 Å². The molecule has 0 fully saturated rings. The van der Waals surface area contributed by atoms with Gasteiger partial charge in [-0.2, -0.15) is 0 Å². The van der Waals surface area contributed by atoms with Crippen LogP contribution in [-0.2, 0) is 6.54 Å². The first-order valence-electron chi connectivity index (χ1n) is 6.22. The van der Waals surface area contributed by atoms with Crippen molar-refractivity contribution in [1.29, 1.82) is 0 Å². The van der Waals surface area contributed by atoms with E-state index in [2.05, 4.69) is 5.32 Å². The Morgan fingerprint density at radius 2 is 2.10 bits per heavy atom. The minimum absolute atomic E-state index is 0.0157. The number of benzene rings is 1. The first-order chi connectivity index (χ1) is 9.51. The Labute approximate surface area is 117 Å². The van der Waals surface area contributed by atoms with E-state index in [9.17, 15) is 4.79 Å². The van der Waals surface area contributed by atoms with Gasteiger partial charge in [0, 0.05) is 5.56 Å². The van der Waals surface area contributed by atoms with E-state index < -0.39 is 5.97 Å². The monoisotopic (exact) mass is 275 g/mol.